The molecular weight excluding hydrogens is 278 g/mol. The van der Waals surface area contributed by atoms with E-state index in [0.29, 0.717) is 0 Å². The van der Waals surface area contributed by atoms with Crippen LogP contribution in [0.5, 0.6) is 0 Å². The molecule has 0 fully saturated rings. The number of thiophene rings is 1. The number of esters is 1. The monoisotopic (exact) mass is 293 g/mol. The maximum atomic E-state index is 11.4. The van der Waals surface area contributed by atoms with Crippen molar-refractivity contribution in [3.05, 3.63) is 35.2 Å². The normalized spacial score (nSPS) is 12.1. The summed E-state index contributed by atoms with van der Waals surface area (Å²) >= 11 is 1.55. The van der Waals surface area contributed by atoms with Gasteiger partial charge < -0.3 is 15.2 Å². The smallest absolute Gasteiger partial charge is 0.303 e. The summed E-state index contributed by atoms with van der Waals surface area (Å²) in [6, 6.07) is 7.76. The van der Waals surface area contributed by atoms with E-state index in [9.17, 15) is 14.7 Å². The lowest BCUT2D eigenvalue weighted by Crippen LogP contribution is -2.32. The molecule has 0 saturated heterocycles. The highest BCUT2D eigenvalue weighted by Crippen LogP contribution is 2.29. The van der Waals surface area contributed by atoms with Crippen molar-refractivity contribution in [3.63, 3.8) is 0 Å². The van der Waals surface area contributed by atoms with Gasteiger partial charge in [-0.25, -0.2) is 0 Å². The van der Waals surface area contributed by atoms with E-state index in [1.54, 1.807) is 11.3 Å². The molecule has 1 aromatic heterocycles. The Morgan fingerprint density at radius 3 is 2.90 bits per heavy atom. The summed E-state index contributed by atoms with van der Waals surface area (Å²) in [5.74, 6) is -0.941. The zero-order valence-corrected chi connectivity index (χ0v) is 11.8. The van der Waals surface area contributed by atoms with Crippen molar-refractivity contribution >= 4 is 33.3 Å². The van der Waals surface area contributed by atoms with E-state index in [-0.39, 0.29) is 13.2 Å². The molecule has 1 aromatic carbocycles. The van der Waals surface area contributed by atoms with Crippen molar-refractivity contribution in [2.75, 3.05) is 13.2 Å². The topological polar surface area (TPSA) is 75.6 Å². The average Bonchev–Trinajstić information content (AvgIpc) is 2.86. The van der Waals surface area contributed by atoms with Gasteiger partial charge in [0.25, 0.3) is 5.91 Å². The molecule has 2 rings (SSSR count). The Labute approximate surface area is 120 Å². The first kappa shape index (κ1) is 14.5. The second kappa shape index (κ2) is 6.49. The van der Waals surface area contributed by atoms with Gasteiger partial charge in [-0.1, -0.05) is 18.2 Å². The maximum Gasteiger partial charge on any atom is 0.303 e. The summed E-state index contributed by atoms with van der Waals surface area (Å²) in [5, 5.41) is 15.5. The number of aliphatic hydroxyl groups is 1. The van der Waals surface area contributed by atoms with Crippen molar-refractivity contribution in [1.82, 2.24) is 5.32 Å². The zero-order valence-electron chi connectivity index (χ0n) is 11.0. The predicted octanol–water partition coefficient (Wildman–Crippen LogP) is 1.61. The van der Waals surface area contributed by atoms with Crippen LogP contribution in [0.1, 0.15) is 18.6 Å². The molecule has 20 heavy (non-hydrogen) atoms. The van der Waals surface area contributed by atoms with Gasteiger partial charge in [-0.2, -0.15) is 0 Å². The molecular formula is C14H15NO4S. The fraction of sp³-hybridized carbons (Fsp3) is 0.286. The number of fused-ring (bicyclic) bond motifs is 1. The Kier molecular flexibility index (Phi) is 4.70. The number of benzene rings is 1. The third kappa shape index (κ3) is 3.55. The molecule has 0 unspecified atom stereocenters. The highest BCUT2D eigenvalue weighted by atomic mass is 32.1. The van der Waals surface area contributed by atoms with Gasteiger partial charge in [-0.05, 0) is 16.8 Å². The van der Waals surface area contributed by atoms with Crippen LogP contribution in [0.3, 0.4) is 0 Å². The van der Waals surface area contributed by atoms with Crippen LogP contribution in [0.2, 0.25) is 0 Å². The molecule has 0 radical (unpaired) electrons. The number of carbonyl (C=O) groups excluding carboxylic acids is 2. The van der Waals surface area contributed by atoms with E-state index in [2.05, 4.69) is 10.1 Å². The van der Waals surface area contributed by atoms with Crippen LogP contribution in [-0.2, 0) is 14.3 Å². The van der Waals surface area contributed by atoms with Crippen LogP contribution in [0, 0.1) is 0 Å². The fourth-order valence-corrected chi connectivity index (χ4v) is 2.80. The molecule has 6 heteroatoms. The lowest BCUT2D eigenvalue weighted by molar-refractivity contribution is -0.146. The first-order chi connectivity index (χ1) is 9.58. The van der Waals surface area contributed by atoms with E-state index in [4.69, 9.17) is 0 Å². The Morgan fingerprint density at radius 1 is 1.40 bits per heavy atom. The van der Waals surface area contributed by atoms with Gasteiger partial charge in [0, 0.05) is 23.7 Å². The second-order valence-electron chi connectivity index (χ2n) is 4.29. The number of amides is 1. The summed E-state index contributed by atoms with van der Waals surface area (Å²) in [5.41, 5.74) is 0.790. The van der Waals surface area contributed by atoms with Crippen LogP contribution in [-0.4, -0.2) is 30.1 Å². The largest absolute Gasteiger partial charge is 0.456 e. The van der Waals surface area contributed by atoms with Crippen molar-refractivity contribution in [2.45, 2.75) is 13.0 Å². The Morgan fingerprint density at radius 2 is 2.15 bits per heavy atom. The minimum Gasteiger partial charge on any atom is -0.456 e. The molecule has 106 valence electrons. The highest BCUT2D eigenvalue weighted by molar-refractivity contribution is 7.17. The zero-order chi connectivity index (χ0) is 14.5. The average molecular weight is 293 g/mol. The highest BCUT2D eigenvalue weighted by Gasteiger charge is 2.14. The van der Waals surface area contributed by atoms with Crippen LogP contribution < -0.4 is 5.32 Å². The molecule has 2 aromatic rings. The molecule has 0 saturated carbocycles. The quantitative estimate of drug-likeness (QED) is 0.821. The molecule has 2 N–H and O–H groups in total. The second-order valence-corrected chi connectivity index (χ2v) is 5.20. The Hall–Kier alpha value is -1.92. The van der Waals surface area contributed by atoms with Crippen LogP contribution >= 0.6 is 11.3 Å². The first-order valence-electron chi connectivity index (χ1n) is 6.12. The molecule has 0 spiro atoms. The van der Waals surface area contributed by atoms with Crippen LogP contribution in [0.4, 0.5) is 0 Å². The van der Waals surface area contributed by atoms with E-state index in [1.165, 1.54) is 6.92 Å². The molecule has 1 heterocycles. The molecule has 0 aliphatic rings. The van der Waals surface area contributed by atoms with Gasteiger partial charge in [0.15, 0.2) is 6.61 Å². The van der Waals surface area contributed by atoms with E-state index < -0.39 is 18.0 Å². The van der Waals surface area contributed by atoms with Crippen molar-refractivity contribution in [3.8, 4) is 0 Å². The summed E-state index contributed by atoms with van der Waals surface area (Å²) in [7, 11) is 0. The number of carbonyl (C=O) groups is 2. The third-order valence-corrected chi connectivity index (χ3v) is 3.75. The molecule has 5 nitrogen and oxygen atoms in total. The number of hydrogen-bond acceptors (Lipinski definition) is 5. The fourth-order valence-electron chi connectivity index (χ4n) is 1.80. The van der Waals surface area contributed by atoms with Gasteiger partial charge in [-0.15, -0.1) is 11.3 Å². The van der Waals surface area contributed by atoms with Gasteiger partial charge in [-0.3, -0.25) is 9.59 Å². The number of ether oxygens (including phenoxy) is 1. The number of aliphatic hydroxyl groups excluding tert-OH is 1. The van der Waals surface area contributed by atoms with Gasteiger partial charge in [0.2, 0.25) is 0 Å². The number of rotatable bonds is 5. The lowest BCUT2D eigenvalue weighted by Gasteiger charge is -2.11. The number of hydrogen-bond donors (Lipinski definition) is 2. The molecule has 1 atom stereocenters. The molecule has 0 aliphatic heterocycles. The first-order valence-corrected chi connectivity index (χ1v) is 7.00. The summed E-state index contributed by atoms with van der Waals surface area (Å²) in [6.45, 7) is 0.993. The van der Waals surface area contributed by atoms with Crippen molar-refractivity contribution in [1.29, 1.82) is 0 Å². The van der Waals surface area contributed by atoms with Gasteiger partial charge in [0.05, 0.1) is 6.10 Å². The van der Waals surface area contributed by atoms with Crippen molar-refractivity contribution < 1.29 is 19.4 Å². The van der Waals surface area contributed by atoms with Gasteiger partial charge in [0.1, 0.15) is 0 Å². The molecule has 1 amide bonds. The molecule has 0 bridgehead atoms. The van der Waals surface area contributed by atoms with E-state index >= 15 is 0 Å². The Balaban J connectivity index is 1.93. The van der Waals surface area contributed by atoms with E-state index in [1.807, 2.05) is 29.6 Å². The SMILES string of the molecule is CC(=O)OCC(=O)NC[C@@H](O)c1csc2ccccc12. The maximum absolute atomic E-state index is 11.4. The van der Waals surface area contributed by atoms with Crippen molar-refractivity contribution in [2.24, 2.45) is 0 Å². The standard InChI is InChI=1S/C14H15NO4S/c1-9(16)19-7-14(18)15-6-12(17)11-8-20-13-5-3-2-4-10(11)13/h2-5,8,12,17H,6-7H2,1H3,(H,15,18)/t12-/m1/s1. The minimum atomic E-state index is -0.785. The van der Waals surface area contributed by atoms with Crippen LogP contribution in [0.15, 0.2) is 29.6 Å². The lowest BCUT2D eigenvalue weighted by atomic mass is 10.1. The molecule has 0 aliphatic carbocycles. The van der Waals surface area contributed by atoms with Gasteiger partial charge >= 0.3 is 5.97 Å². The summed E-state index contributed by atoms with van der Waals surface area (Å²) in [4.78, 5) is 22.0. The van der Waals surface area contributed by atoms with E-state index in [0.717, 1.165) is 15.6 Å². The predicted molar refractivity (Wildman–Crippen MR) is 76.4 cm³/mol. The Bertz CT molecular complexity index is 622. The third-order valence-electron chi connectivity index (χ3n) is 2.77. The summed E-state index contributed by atoms with van der Waals surface area (Å²) in [6.07, 6.45) is -0.785. The van der Waals surface area contributed by atoms with Crippen LogP contribution in [0.25, 0.3) is 10.1 Å². The number of nitrogens with one attached hydrogen (secondary N) is 1. The minimum absolute atomic E-state index is 0.0842. The summed E-state index contributed by atoms with van der Waals surface area (Å²) < 4.78 is 5.66.